The fraction of sp³-hybridized carbons (Fsp3) is 0.586. The minimum Gasteiger partial charge on any atom is -0.365 e. The zero-order valence-corrected chi connectivity index (χ0v) is 23.9. The van der Waals surface area contributed by atoms with E-state index in [4.69, 9.17) is 25.5 Å². The number of fused-ring (bicyclic) bond motifs is 1. The fourth-order valence-electron chi connectivity index (χ4n) is 6.26. The van der Waals surface area contributed by atoms with Crippen molar-refractivity contribution in [3.63, 3.8) is 0 Å². The average molecular weight is 602 g/mol. The summed E-state index contributed by atoms with van der Waals surface area (Å²) in [6.07, 6.45) is 6.64. The topological polar surface area (TPSA) is 135 Å². The molecular weight excluding hydrogens is 563 g/mol. The molecule has 0 bridgehead atoms. The van der Waals surface area contributed by atoms with Gasteiger partial charge < -0.3 is 25.8 Å². The number of anilines is 3. The second-order valence-electron chi connectivity index (χ2n) is 11.8. The number of carbonyl (C=O) groups excluding carboxylic acids is 1. The highest BCUT2D eigenvalue weighted by atomic mass is 19.4. The lowest BCUT2D eigenvalue weighted by Crippen LogP contribution is -2.41. The van der Waals surface area contributed by atoms with Gasteiger partial charge in [-0.25, -0.2) is 9.78 Å². The van der Waals surface area contributed by atoms with E-state index < -0.39 is 17.8 Å². The van der Waals surface area contributed by atoms with Crippen LogP contribution in [-0.4, -0.2) is 61.9 Å². The number of amides is 1. The Morgan fingerprint density at radius 2 is 1.58 bits per heavy atom. The first kappa shape index (κ1) is 29.4. The quantitative estimate of drug-likeness (QED) is 0.270. The number of hydrogen-bond acceptors (Lipinski definition) is 9. The van der Waals surface area contributed by atoms with Crippen LogP contribution in [0, 0.1) is 0 Å². The van der Waals surface area contributed by atoms with E-state index >= 15 is 0 Å². The SMILES string of the molecule is N[C@H]1CC[C@H](Nc2nc(NC3CCN(OC(=O)Nc4ccc(C(F)(F)F)cc4)CC3)c3ncn(C4CCCC4)c3n2)CC1. The lowest BCUT2D eigenvalue weighted by molar-refractivity contribution is -0.137. The maximum absolute atomic E-state index is 12.8. The van der Waals surface area contributed by atoms with Crippen molar-refractivity contribution in [3.05, 3.63) is 36.2 Å². The fourth-order valence-corrected chi connectivity index (χ4v) is 6.26. The summed E-state index contributed by atoms with van der Waals surface area (Å²) in [5.74, 6) is 1.28. The molecule has 0 spiro atoms. The Morgan fingerprint density at radius 3 is 2.26 bits per heavy atom. The summed E-state index contributed by atoms with van der Waals surface area (Å²) in [6.45, 7) is 0.965. The molecule has 3 aromatic rings. The Hall–Kier alpha value is -3.65. The van der Waals surface area contributed by atoms with E-state index in [1.807, 2.05) is 6.33 Å². The normalized spacial score (nSPS) is 22.5. The number of aromatic nitrogens is 4. The largest absolute Gasteiger partial charge is 0.430 e. The van der Waals surface area contributed by atoms with Gasteiger partial charge in [0.15, 0.2) is 17.0 Å². The summed E-state index contributed by atoms with van der Waals surface area (Å²) in [5.41, 5.74) is 7.13. The van der Waals surface area contributed by atoms with Crippen LogP contribution >= 0.6 is 0 Å². The first-order chi connectivity index (χ1) is 20.7. The van der Waals surface area contributed by atoms with Crippen LogP contribution in [0.1, 0.15) is 75.8 Å². The maximum atomic E-state index is 12.8. The number of piperidine rings is 1. The third-order valence-corrected chi connectivity index (χ3v) is 8.71. The van der Waals surface area contributed by atoms with E-state index in [0.717, 1.165) is 61.8 Å². The molecule has 3 heterocycles. The first-order valence-electron chi connectivity index (χ1n) is 15.2. The number of nitrogens with two attached hydrogens (primary N) is 1. The van der Waals surface area contributed by atoms with Crippen molar-refractivity contribution in [2.75, 3.05) is 29.0 Å². The van der Waals surface area contributed by atoms with Gasteiger partial charge in [-0.15, -0.1) is 5.06 Å². The van der Waals surface area contributed by atoms with Gasteiger partial charge in [0.25, 0.3) is 0 Å². The van der Waals surface area contributed by atoms with E-state index in [9.17, 15) is 18.0 Å². The number of halogens is 3. The highest BCUT2D eigenvalue weighted by Gasteiger charge is 2.30. The predicted octanol–water partition coefficient (Wildman–Crippen LogP) is 5.68. The van der Waals surface area contributed by atoms with Crippen molar-refractivity contribution in [1.82, 2.24) is 24.6 Å². The summed E-state index contributed by atoms with van der Waals surface area (Å²) in [5, 5.41) is 11.2. The van der Waals surface area contributed by atoms with Crippen LogP contribution in [0.15, 0.2) is 30.6 Å². The molecule has 1 amide bonds. The number of nitrogens with zero attached hydrogens (tertiary/aromatic N) is 5. The zero-order chi connectivity index (χ0) is 30.0. The Morgan fingerprint density at radius 1 is 0.907 bits per heavy atom. The maximum Gasteiger partial charge on any atom is 0.430 e. The molecular formula is C29H38F3N9O2. The van der Waals surface area contributed by atoms with Crippen LogP contribution in [0.5, 0.6) is 0 Å². The Labute approximate surface area is 247 Å². The monoisotopic (exact) mass is 601 g/mol. The number of rotatable bonds is 7. The number of nitrogens with one attached hydrogen (secondary N) is 3. The molecule has 232 valence electrons. The number of benzene rings is 1. The molecule has 0 atom stereocenters. The van der Waals surface area contributed by atoms with Crippen LogP contribution < -0.4 is 21.7 Å². The predicted molar refractivity (Wildman–Crippen MR) is 156 cm³/mol. The van der Waals surface area contributed by atoms with Crippen LogP contribution in [-0.2, 0) is 11.0 Å². The first-order valence-corrected chi connectivity index (χ1v) is 15.2. The van der Waals surface area contributed by atoms with Gasteiger partial charge in [0.2, 0.25) is 5.95 Å². The van der Waals surface area contributed by atoms with Crippen LogP contribution in [0.2, 0.25) is 0 Å². The summed E-state index contributed by atoms with van der Waals surface area (Å²) < 4.78 is 40.6. The van der Waals surface area contributed by atoms with E-state index in [1.165, 1.54) is 25.0 Å². The lowest BCUT2D eigenvalue weighted by atomic mass is 9.92. The standard InChI is InChI=1S/C29H38F3N9O2/c30-29(31,32)18-5-9-21(10-6-18)37-28(42)43-40-15-13-22(14-16-40)35-25-24-26(41(17-34-24)23-3-1-2-4-23)39-27(38-25)36-20-11-7-19(33)8-12-20/h5-6,9-10,17,19-20,22-23H,1-4,7-8,11-16,33H2,(H,37,42)(H2,35,36,38,39)/t19-,20-. The van der Waals surface area contributed by atoms with Gasteiger partial charge in [-0.1, -0.05) is 12.8 Å². The van der Waals surface area contributed by atoms with E-state index in [0.29, 0.717) is 43.7 Å². The van der Waals surface area contributed by atoms with Gasteiger partial charge >= 0.3 is 12.3 Å². The summed E-state index contributed by atoms with van der Waals surface area (Å²) in [4.78, 5) is 32.3. The third kappa shape index (κ3) is 7.12. The molecule has 0 unspecified atom stereocenters. The zero-order valence-electron chi connectivity index (χ0n) is 23.9. The molecule has 0 radical (unpaired) electrons. The third-order valence-electron chi connectivity index (χ3n) is 8.71. The number of imidazole rings is 1. The van der Waals surface area contributed by atoms with Crippen LogP contribution in [0.4, 0.5) is 35.4 Å². The van der Waals surface area contributed by atoms with Gasteiger partial charge in [0.1, 0.15) is 0 Å². The minimum absolute atomic E-state index is 0.0769. The molecule has 1 saturated heterocycles. The van der Waals surface area contributed by atoms with Gasteiger partial charge in [0.05, 0.1) is 11.9 Å². The smallest absolute Gasteiger partial charge is 0.365 e. The second kappa shape index (κ2) is 12.5. The second-order valence-corrected chi connectivity index (χ2v) is 11.8. The van der Waals surface area contributed by atoms with Crippen LogP contribution in [0.3, 0.4) is 0 Å². The van der Waals surface area contributed by atoms with Gasteiger partial charge in [-0.2, -0.15) is 23.1 Å². The molecule has 1 aliphatic heterocycles. The molecule has 2 aromatic heterocycles. The highest BCUT2D eigenvalue weighted by Crippen LogP contribution is 2.34. The van der Waals surface area contributed by atoms with Gasteiger partial charge in [-0.05, 0) is 75.6 Å². The van der Waals surface area contributed by atoms with E-state index in [2.05, 4.69) is 20.5 Å². The minimum atomic E-state index is -4.44. The number of carbonyl (C=O) groups is 1. The van der Waals surface area contributed by atoms with Gasteiger partial charge in [-0.3, -0.25) is 5.32 Å². The summed E-state index contributed by atoms with van der Waals surface area (Å²) in [6, 6.07) is 5.23. The van der Waals surface area contributed by atoms with Crippen molar-refractivity contribution >= 4 is 34.7 Å². The molecule has 2 aliphatic carbocycles. The number of hydrogen-bond donors (Lipinski definition) is 4. The molecule has 14 heteroatoms. The number of alkyl halides is 3. The van der Waals surface area contributed by atoms with Crippen molar-refractivity contribution in [1.29, 1.82) is 0 Å². The molecule has 2 saturated carbocycles. The Bertz CT molecular complexity index is 1390. The van der Waals surface area contributed by atoms with Crippen molar-refractivity contribution in [2.24, 2.45) is 5.73 Å². The Balaban J connectivity index is 1.08. The van der Waals surface area contributed by atoms with Crippen molar-refractivity contribution < 1.29 is 22.8 Å². The molecule has 5 N–H and O–H groups in total. The van der Waals surface area contributed by atoms with Crippen LogP contribution in [0.25, 0.3) is 11.2 Å². The van der Waals surface area contributed by atoms with Gasteiger partial charge in [0, 0.05) is 42.9 Å². The molecule has 3 fully saturated rings. The summed E-state index contributed by atoms with van der Waals surface area (Å²) in [7, 11) is 0. The molecule has 1 aromatic carbocycles. The number of hydroxylamine groups is 2. The molecule has 11 nitrogen and oxygen atoms in total. The molecule has 6 rings (SSSR count). The molecule has 43 heavy (non-hydrogen) atoms. The lowest BCUT2D eigenvalue weighted by Gasteiger charge is -2.31. The summed E-state index contributed by atoms with van der Waals surface area (Å²) >= 11 is 0. The highest BCUT2D eigenvalue weighted by molar-refractivity contribution is 5.85. The Kier molecular flexibility index (Phi) is 8.57. The van der Waals surface area contributed by atoms with Crippen molar-refractivity contribution in [2.45, 2.75) is 94.6 Å². The molecule has 3 aliphatic rings. The van der Waals surface area contributed by atoms with E-state index in [-0.39, 0.29) is 23.8 Å². The van der Waals surface area contributed by atoms with E-state index in [1.54, 1.807) is 5.06 Å². The average Bonchev–Trinajstić information content (AvgIpc) is 3.66. The van der Waals surface area contributed by atoms with Crippen molar-refractivity contribution in [3.8, 4) is 0 Å².